The minimum Gasteiger partial charge on any atom is -0.473 e. The van der Waals surface area contributed by atoms with Crippen molar-refractivity contribution >= 4 is 11.8 Å². The maximum Gasteiger partial charge on any atom is 0.407 e. The van der Waals surface area contributed by atoms with Gasteiger partial charge in [0.2, 0.25) is 11.8 Å². The van der Waals surface area contributed by atoms with Gasteiger partial charge in [0.1, 0.15) is 24.6 Å². The Balaban J connectivity index is 1.08. The molecule has 6 rings (SSSR count). The van der Waals surface area contributed by atoms with E-state index in [9.17, 15) is 4.79 Å². The van der Waals surface area contributed by atoms with Crippen molar-refractivity contribution in [3.05, 3.63) is 108 Å². The molecule has 0 spiro atoms. The molecule has 0 atom stereocenters. The van der Waals surface area contributed by atoms with E-state index < -0.39 is 5.60 Å². The lowest BCUT2D eigenvalue weighted by atomic mass is 9.98. The third kappa shape index (κ3) is 8.60. The van der Waals surface area contributed by atoms with Crippen LogP contribution in [0, 0.1) is 5.82 Å². The zero-order valence-electron chi connectivity index (χ0n) is 27.3. The van der Waals surface area contributed by atoms with Crippen LogP contribution in [0.4, 0.5) is 14.9 Å². The normalized spacial score (nSPS) is 16.0. The molecule has 1 N–H and O–H groups in total. The number of hydrogen-bond donors (Lipinski definition) is 1. The zero-order valence-corrected chi connectivity index (χ0v) is 27.3. The minimum atomic E-state index is -0.509. The molecule has 4 aromatic rings. The second-order valence-electron chi connectivity index (χ2n) is 13.2. The summed E-state index contributed by atoms with van der Waals surface area (Å²) in [4.78, 5) is 21.4. The van der Waals surface area contributed by atoms with Crippen LogP contribution in [0.5, 0.6) is 11.8 Å². The summed E-state index contributed by atoms with van der Waals surface area (Å²) in [7, 11) is 0. The van der Waals surface area contributed by atoms with Crippen molar-refractivity contribution in [3.63, 3.8) is 0 Å². The number of amides is 1. The van der Waals surface area contributed by atoms with Crippen molar-refractivity contribution < 1.29 is 23.4 Å². The van der Waals surface area contributed by atoms with E-state index in [0.717, 1.165) is 50.1 Å². The Labute approximate surface area is 276 Å². The van der Waals surface area contributed by atoms with Crippen LogP contribution in [0.3, 0.4) is 0 Å². The van der Waals surface area contributed by atoms with Gasteiger partial charge in [-0.1, -0.05) is 66.7 Å². The van der Waals surface area contributed by atoms with E-state index in [-0.39, 0.29) is 18.0 Å². The second kappa shape index (κ2) is 14.4. The van der Waals surface area contributed by atoms with E-state index in [1.807, 2.05) is 99.6 Å². The van der Waals surface area contributed by atoms with Crippen molar-refractivity contribution in [3.8, 4) is 22.9 Å². The predicted octanol–water partition coefficient (Wildman–Crippen LogP) is 7.22. The van der Waals surface area contributed by atoms with Gasteiger partial charge in [0.15, 0.2) is 0 Å². The predicted molar refractivity (Wildman–Crippen MR) is 181 cm³/mol. The number of carbonyl (C=O) groups is 1. The van der Waals surface area contributed by atoms with Gasteiger partial charge < -0.3 is 24.4 Å². The first-order valence-corrected chi connectivity index (χ1v) is 16.3. The van der Waals surface area contributed by atoms with Gasteiger partial charge in [-0.2, -0.15) is 4.98 Å². The fourth-order valence-corrected chi connectivity index (χ4v) is 5.99. The molecule has 0 bridgehead atoms. The molecule has 1 amide bonds. The molecule has 0 aliphatic carbocycles. The molecule has 3 aromatic carbocycles. The first-order valence-electron chi connectivity index (χ1n) is 16.3. The van der Waals surface area contributed by atoms with Crippen molar-refractivity contribution in [2.75, 3.05) is 31.1 Å². The van der Waals surface area contributed by atoms with Gasteiger partial charge in [0.05, 0.1) is 5.69 Å². The van der Waals surface area contributed by atoms with Gasteiger partial charge in [-0.05, 0) is 68.5 Å². The summed E-state index contributed by atoms with van der Waals surface area (Å²) in [5, 5.41) is 3.00. The highest BCUT2D eigenvalue weighted by Crippen LogP contribution is 2.35. The van der Waals surface area contributed by atoms with Crippen LogP contribution in [0.1, 0.15) is 44.7 Å². The average molecular weight is 639 g/mol. The third-order valence-corrected chi connectivity index (χ3v) is 8.51. The molecule has 0 saturated carbocycles. The van der Waals surface area contributed by atoms with Crippen LogP contribution in [0.2, 0.25) is 0 Å². The number of halogens is 1. The first-order chi connectivity index (χ1) is 22.7. The number of ether oxygens (including phenoxy) is 3. The molecule has 0 unspecified atom stereocenters. The molecule has 8 nitrogen and oxygen atoms in total. The minimum absolute atomic E-state index is 0.114. The molecule has 0 radical (unpaired) electrons. The SMILES string of the molecule is CC(C)(C)OC(=O)NC1CCN(C2CN(c3ccc(-c4ccc(OCc5ccccc5)nc4OCc4ccccc4)cc3F)C2)CC1. The first kappa shape index (κ1) is 32.3. The molecule has 1 aromatic heterocycles. The largest absolute Gasteiger partial charge is 0.473 e. The monoisotopic (exact) mass is 638 g/mol. The number of benzene rings is 3. The maximum atomic E-state index is 15.6. The van der Waals surface area contributed by atoms with E-state index in [1.54, 1.807) is 12.1 Å². The number of alkyl carbamates (subject to hydrolysis) is 1. The summed E-state index contributed by atoms with van der Waals surface area (Å²) in [6.07, 6.45) is 1.39. The lowest BCUT2D eigenvalue weighted by molar-refractivity contribution is 0.0462. The fraction of sp³-hybridized carbons (Fsp3) is 0.368. The van der Waals surface area contributed by atoms with E-state index in [1.165, 1.54) is 0 Å². The Bertz CT molecular complexity index is 1630. The Morgan fingerprint density at radius 2 is 1.51 bits per heavy atom. The van der Waals surface area contributed by atoms with Crippen LogP contribution in [0.25, 0.3) is 11.1 Å². The average Bonchev–Trinajstić information content (AvgIpc) is 3.04. The molecule has 2 aliphatic rings. The highest BCUT2D eigenvalue weighted by Gasteiger charge is 2.35. The zero-order chi connectivity index (χ0) is 32.8. The topological polar surface area (TPSA) is 76.2 Å². The van der Waals surface area contributed by atoms with E-state index in [4.69, 9.17) is 14.2 Å². The van der Waals surface area contributed by atoms with Crippen LogP contribution in [0.15, 0.2) is 91.0 Å². The third-order valence-electron chi connectivity index (χ3n) is 8.51. The number of hydrogen-bond acceptors (Lipinski definition) is 7. The van der Waals surface area contributed by atoms with Crippen molar-refractivity contribution in [1.29, 1.82) is 0 Å². The molecular formula is C38H43FN4O4. The number of aromatic nitrogens is 1. The van der Waals surface area contributed by atoms with Crippen molar-refractivity contribution in [2.24, 2.45) is 0 Å². The van der Waals surface area contributed by atoms with Crippen molar-refractivity contribution in [2.45, 2.75) is 64.5 Å². The Hall–Kier alpha value is -4.63. The Morgan fingerprint density at radius 1 is 0.872 bits per heavy atom. The molecule has 2 fully saturated rings. The van der Waals surface area contributed by atoms with Gasteiger partial charge in [-0.15, -0.1) is 0 Å². The number of nitrogens with zero attached hydrogens (tertiary/aromatic N) is 3. The second-order valence-corrected chi connectivity index (χ2v) is 13.2. The maximum absolute atomic E-state index is 15.6. The van der Waals surface area contributed by atoms with Crippen LogP contribution < -0.4 is 19.7 Å². The molecule has 47 heavy (non-hydrogen) atoms. The number of rotatable bonds is 10. The van der Waals surface area contributed by atoms with Gasteiger partial charge in [0, 0.05) is 49.9 Å². The summed E-state index contributed by atoms with van der Waals surface area (Å²) in [6.45, 7) is 9.62. The summed E-state index contributed by atoms with van der Waals surface area (Å²) >= 11 is 0. The van der Waals surface area contributed by atoms with Gasteiger partial charge >= 0.3 is 6.09 Å². The van der Waals surface area contributed by atoms with Gasteiger partial charge in [-0.3, -0.25) is 4.90 Å². The van der Waals surface area contributed by atoms with Crippen LogP contribution >= 0.6 is 0 Å². The molecule has 246 valence electrons. The number of pyridine rings is 1. The summed E-state index contributed by atoms with van der Waals surface area (Å²) in [6, 6.07) is 29.3. The Morgan fingerprint density at radius 3 is 2.13 bits per heavy atom. The summed E-state index contributed by atoms with van der Waals surface area (Å²) in [5.74, 6) is 0.550. The van der Waals surface area contributed by atoms with Crippen LogP contribution in [-0.4, -0.2) is 59.8 Å². The lowest BCUT2D eigenvalue weighted by Crippen LogP contribution is -2.62. The number of likely N-dealkylation sites (tertiary alicyclic amines) is 1. The van der Waals surface area contributed by atoms with E-state index in [0.29, 0.717) is 47.8 Å². The van der Waals surface area contributed by atoms with Crippen LogP contribution in [-0.2, 0) is 18.0 Å². The summed E-state index contributed by atoms with van der Waals surface area (Å²) in [5.41, 5.74) is 3.51. The number of anilines is 1. The fourth-order valence-electron chi connectivity index (χ4n) is 5.99. The number of nitrogens with one attached hydrogen (secondary N) is 1. The standard InChI is InChI=1S/C38H43FN4O4/c1-38(2,3)47-37(44)40-30-18-20-42(21-19-30)31-23-43(24-31)34-16-14-29(22-33(34)39)32-15-17-35(45-25-27-10-6-4-7-11-27)41-36(32)46-26-28-12-8-5-9-13-28/h4-17,22,30-31H,18-21,23-26H2,1-3H3,(H,40,44). The molecule has 3 heterocycles. The summed E-state index contributed by atoms with van der Waals surface area (Å²) < 4.78 is 33.2. The smallest absolute Gasteiger partial charge is 0.407 e. The highest BCUT2D eigenvalue weighted by atomic mass is 19.1. The van der Waals surface area contributed by atoms with E-state index >= 15 is 4.39 Å². The Kier molecular flexibility index (Phi) is 9.92. The van der Waals surface area contributed by atoms with Gasteiger partial charge in [0.25, 0.3) is 0 Å². The molecule has 2 saturated heterocycles. The highest BCUT2D eigenvalue weighted by molar-refractivity contribution is 5.72. The lowest BCUT2D eigenvalue weighted by Gasteiger charge is -2.48. The quantitative estimate of drug-likeness (QED) is 0.197. The molecular weight excluding hydrogens is 595 g/mol. The van der Waals surface area contributed by atoms with Gasteiger partial charge in [-0.25, -0.2) is 9.18 Å². The van der Waals surface area contributed by atoms with Crippen molar-refractivity contribution in [1.82, 2.24) is 15.2 Å². The number of piperidine rings is 1. The number of carbonyl (C=O) groups excluding carboxylic acids is 1. The van der Waals surface area contributed by atoms with E-state index in [2.05, 4.69) is 20.1 Å². The molecule has 9 heteroatoms. The molecule has 2 aliphatic heterocycles.